The molecule has 1 atom stereocenters. The molecule has 0 bridgehead atoms. The molecule has 4 nitrogen and oxygen atoms in total. The second-order valence-electron chi connectivity index (χ2n) is 6.28. The van der Waals surface area contributed by atoms with E-state index >= 15 is 0 Å². The number of alkyl halides is 3. The summed E-state index contributed by atoms with van der Waals surface area (Å²) >= 11 is 0. The maximum Gasteiger partial charge on any atom is 0.524 e. The molecule has 3 rings (SSSR count). The van der Waals surface area contributed by atoms with E-state index in [9.17, 15) is 21.6 Å². The topological polar surface area (TPSA) is 52.6 Å². The number of aryl methyl sites for hydroxylation is 1. The molecular weight excluding hydrogens is 437 g/mol. The molecule has 160 valence electrons. The van der Waals surface area contributed by atoms with Crippen LogP contribution in [0.4, 0.5) is 13.2 Å². The van der Waals surface area contributed by atoms with Crippen LogP contribution in [0.5, 0.6) is 5.75 Å². The normalized spacial score (nSPS) is 15.2. The van der Waals surface area contributed by atoms with Crippen molar-refractivity contribution in [2.75, 3.05) is 7.11 Å². The maximum atomic E-state index is 13.4. The quantitative estimate of drug-likeness (QED) is 0.423. The summed E-state index contributed by atoms with van der Waals surface area (Å²) in [5, 5.41) is 0. The molecule has 9 heteroatoms. The van der Waals surface area contributed by atoms with E-state index in [2.05, 4.69) is 0 Å². The lowest BCUT2D eigenvalue weighted by Crippen LogP contribution is -2.27. The minimum atomic E-state index is -5.93. The number of hydrogen-bond acceptors (Lipinski definition) is 4. The Balaban J connectivity index is 2.41. The standard InChI is InChI=1S/C21H19F3O4S2/c1-16-8-6-7-11-20(16)29(18-9-4-3-5-10-18,28-30(25,26)21(22,23)24)19-14-12-17(27-2)13-15-19/h3-15H,1-2H3. The van der Waals surface area contributed by atoms with Crippen LogP contribution in [0.1, 0.15) is 5.56 Å². The van der Waals surface area contributed by atoms with Gasteiger partial charge in [-0.05, 0) is 65.3 Å². The number of hydrogen-bond donors (Lipinski definition) is 0. The van der Waals surface area contributed by atoms with Gasteiger partial charge < -0.3 is 4.74 Å². The minimum absolute atomic E-state index is 0.289. The Morgan fingerprint density at radius 3 is 1.83 bits per heavy atom. The molecule has 0 radical (unpaired) electrons. The van der Waals surface area contributed by atoms with E-state index in [1.54, 1.807) is 73.7 Å². The van der Waals surface area contributed by atoms with Crippen LogP contribution in [-0.2, 0) is 13.7 Å². The fourth-order valence-electron chi connectivity index (χ4n) is 2.94. The summed E-state index contributed by atoms with van der Waals surface area (Å²) in [6.07, 6.45) is 0. The average Bonchev–Trinajstić information content (AvgIpc) is 2.72. The van der Waals surface area contributed by atoms with Crippen molar-refractivity contribution in [3.8, 4) is 5.75 Å². The third kappa shape index (κ3) is 4.05. The maximum absolute atomic E-state index is 13.4. The smallest absolute Gasteiger partial charge is 0.497 e. The minimum Gasteiger partial charge on any atom is -0.497 e. The summed E-state index contributed by atoms with van der Waals surface area (Å²) in [6.45, 7) is 1.70. The Morgan fingerprint density at radius 2 is 1.30 bits per heavy atom. The zero-order valence-corrected chi connectivity index (χ0v) is 17.7. The number of rotatable bonds is 6. The van der Waals surface area contributed by atoms with Gasteiger partial charge in [0.2, 0.25) is 0 Å². The Kier molecular flexibility index (Phi) is 6.16. The van der Waals surface area contributed by atoms with Crippen LogP contribution in [0.3, 0.4) is 0 Å². The molecule has 30 heavy (non-hydrogen) atoms. The highest BCUT2D eigenvalue weighted by Gasteiger charge is 2.52. The van der Waals surface area contributed by atoms with Crippen molar-refractivity contribution in [2.45, 2.75) is 27.1 Å². The van der Waals surface area contributed by atoms with Gasteiger partial charge in [0, 0.05) is 14.7 Å². The summed E-state index contributed by atoms with van der Waals surface area (Å²) < 4.78 is 75.1. The summed E-state index contributed by atoms with van der Waals surface area (Å²) in [7, 11) is -7.76. The lowest BCUT2D eigenvalue weighted by Gasteiger charge is -2.40. The number of halogens is 3. The van der Waals surface area contributed by atoms with E-state index in [-0.39, 0.29) is 4.90 Å². The first-order chi connectivity index (χ1) is 14.1. The molecule has 0 fully saturated rings. The van der Waals surface area contributed by atoms with Gasteiger partial charge in [0.1, 0.15) is 5.75 Å². The van der Waals surface area contributed by atoms with Gasteiger partial charge in [-0.25, -0.2) is 0 Å². The third-order valence-electron chi connectivity index (χ3n) is 4.34. The van der Waals surface area contributed by atoms with Gasteiger partial charge in [-0.1, -0.05) is 36.4 Å². The first-order valence-corrected chi connectivity index (χ1v) is 11.7. The number of benzene rings is 3. The Labute approximate surface area is 174 Å². The molecular formula is C21H19F3O4S2. The third-order valence-corrected chi connectivity index (χ3v) is 9.39. The fourth-order valence-corrected chi connectivity index (χ4v) is 7.87. The van der Waals surface area contributed by atoms with Crippen LogP contribution in [-0.4, -0.2) is 21.0 Å². The lowest BCUT2D eigenvalue weighted by molar-refractivity contribution is -0.0496. The van der Waals surface area contributed by atoms with Gasteiger partial charge >= 0.3 is 15.6 Å². The van der Waals surface area contributed by atoms with E-state index in [0.29, 0.717) is 21.1 Å². The van der Waals surface area contributed by atoms with E-state index in [1.165, 1.54) is 19.2 Å². The summed E-state index contributed by atoms with van der Waals surface area (Å²) in [6, 6.07) is 20.9. The Bertz CT molecular complexity index is 1110. The first kappa shape index (κ1) is 22.2. The van der Waals surface area contributed by atoms with E-state index in [1.807, 2.05) is 0 Å². The summed E-state index contributed by atoms with van der Waals surface area (Å²) in [4.78, 5) is 0.961. The van der Waals surface area contributed by atoms with Crippen molar-refractivity contribution in [3.05, 3.63) is 84.4 Å². The van der Waals surface area contributed by atoms with Gasteiger partial charge in [0.05, 0.1) is 7.11 Å². The Hall–Kier alpha value is -2.49. The molecule has 0 heterocycles. The molecule has 0 saturated carbocycles. The molecule has 0 spiro atoms. The molecule has 0 aliphatic heterocycles. The van der Waals surface area contributed by atoms with Crippen LogP contribution in [0, 0.1) is 6.92 Å². The van der Waals surface area contributed by atoms with Gasteiger partial charge in [-0.15, -0.1) is 0 Å². The predicted octanol–water partition coefficient (Wildman–Crippen LogP) is 6.07. The second-order valence-corrected chi connectivity index (χ2v) is 10.7. The molecule has 0 amide bonds. The molecule has 0 aliphatic rings. The Morgan fingerprint density at radius 1 is 0.767 bits per heavy atom. The van der Waals surface area contributed by atoms with Gasteiger partial charge in [-0.3, -0.25) is 0 Å². The van der Waals surface area contributed by atoms with Crippen molar-refractivity contribution in [1.29, 1.82) is 0 Å². The number of methoxy groups -OCH3 is 1. The second kappa shape index (κ2) is 8.33. The van der Waals surface area contributed by atoms with Gasteiger partial charge in [0.15, 0.2) is 0 Å². The van der Waals surface area contributed by atoms with Crippen LogP contribution in [0.15, 0.2) is 93.5 Å². The fraction of sp³-hybridized carbons (Fsp3) is 0.143. The summed E-state index contributed by atoms with van der Waals surface area (Å²) in [5.74, 6) is 0.476. The van der Waals surface area contributed by atoms with E-state index in [0.717, 1.165) is 0 Å². The average molecular weight is 457 g/mol. The van der Waals surface area contributed by atoms with Crippen LogP contribution in [0.25, 0.3) is 0 Å². The van der Waals surface area contributed by atoms with Crippen molar-refractivity contribution < 1.29 is 30.0 Å². The van der Waals surface area contributed by atoms with Crippen molar-refractivity contribution in [2.24, 2.45) is 0 Å². The molecule has 0 saturated heterocycles. The van der Waals surface area contributed by atoms with Crippen LogP contribution >= 0.6 is 10.3 Å². The van der Waals surface area contributed by atoms with Crippen molar-refractivity contribution >= 4 is 20.4 Å². The molecule has 3 aromatic rings. The van der Waals surface area contributed by atoms with Gasteiger partial charge in [0.25, 0.3) is 0 Å². The zero-order chi connectivity index (χ0) is 22.0. The van der Waals surface area contributed by atoms with Crippen LogP contribution in [0.2, 0.25) is 0 Å². The van der Waals surface area contributed by atoms with E-state index < -0.39 is 25.9 Å². The monoisotopic (exact) mass is 456 g/mol. The highest BCUT2D eigenvalue weighted by Crippen LogP contribution is 2.71. The summed E-state index contributed by atoms with van der Waals surface area (Å²) in [5.41, 5.74) is -4.97. The van der Waals surface area contributed by atoms with Crippen LogP contribution < -0.4 is 4.74 Å². The van der Waals surface area contributed by atoms with Crippen molar-refractivity contribution in [3.63, 3.8) is 0 Å². The molecule has 3 aromatic carbocycles. The highest BCUT2D eigenvalue weighted by molar-refractivity contribution is 8.33. The SMILES string of the molecule is COc1ccc(S(OS(=O)(=O)C(F)(F)F)(c2ccccc2)c2ccccc2C)cc1. The van der Waals surface area contributed by atoms with Crippen molar-refractivity contribution in [1.82, 2.24) is 0 Å². The largest absolute Gasteiger partial charge is 0.524 e. The molecule has 0 N–H and O–H groups in total. The molecule has 0 aromatic heterocycles. The number of ether oxygens (including phenoxy) is 1. The molecule has 1 unspecified atom stereocenters. The van der Waals surface area contributed by atoms with E-state index in [4.69, 9.17) is 8.37 Å². The van der Waals surface area contributed by atoms with Gasteiger partial charge in [-0.2, -0.15) is 25.2 Å². The first-order valence-electron chi connectivity index (χ1n) is 8.72. The zero-order valence-electron chi connectivity index (χ0n) is 16.1. The highest BCUT2D eigenvalue weighted by atomic mass is 32.3. The molecule has 0 aliphatic carbocycles. The lowest BCUT2D eigenvalue weighted by atomic mass is 10.2. The predicted molar refractivity (Wildman–Crippen MR) is 109 cm³/mol.